The first kappa shape index (κ1) is 9.15. The zero-order chi connectivity index (χ0) is 9.19. The number of hydrogen-bond acceptors (Lipinski definition) is 4. The molecule has 0 spiro atoms. The van der Waals surface area contributed by atoms with Crippen LogP contribution in [0.25, 0.3) is 0 Å². The lowest BCUT2D eigenvalue weighted by Gasteiger charge is -2.05. The first-order valence-corrected chi connectivity index (χ1v) is 4.92. The van der Waals surface area contributed by atoms with E-state index >= 15 is 0 Å². The molecule has 66 valence electrons. The number of nitrogens with zero attached hydrogens (tertiary/aromatic N) is 1. The summed E-state index contributed by atoms with van der Waals surface area (Å²) in [6.07, 6.45) is 2.74. The largest absolute Gasteiger partial charge is 0.377 e. The Bertz CT molecular complexity index is 344. The van der Waals surface area contributed by atoms with Crippen LogP contribution in [0.15, 0.2) is 29.4 Å². The Balaban J connectivity index is 3.17. The van der Waals surface area contributed by atoms with Gasteiger partial charge in [-0.25, -0.2) is 8.42 Å². The molecule has 4 nitrogen and oxygen atoms in total. The maximum atomic E-state index is 11.3. The Hall–Kier alpha value is -0.940. The van der Waals surface area contributed by atoms with Crippen LogP contribution >= 0.6 is 0 Å². The van der Waals surface area contributed by atoms with Crippen LogP contribution in [0.3, 0.4) is 0 Å². The zero-order valence-corrected chi connectivity index (χ0v) is 7.32. The van der Waals surface area contributed by atoms with Crippen molar-refractivity contribution in [3.05, 3.63) is 24.5 Å². The van der Waals surface area contributed by atoms with Crippen molar-refractivity contribution in [1.29, 1.82) is 0 Å². The van der Waals surface area contributed by atoms with E-state index in [2.05, 4.69) is 4.98 Å². The van der Waals surface area contributed by atoms with Gasteiger partial charge in [-0.05, 0) is 19.1 Å². The molecule has 0 saturated carbocycles. The molecule has 0 aromatic carbocycles. The molecular formula is C7H9NO3S. The van der Waals surface area contributed by atoms with E-state index < -0.39 is 15.3 Å². The lowest BCUT2D eigenvalue weighted by Crippen LogP contribution is -2.16. The molecule has 0 bridgehead atoms. The van der Waals surface area contributed by atoms with Gasteiger partial charge < -0.3 is 5.11 Å². The SMILES string of the molecule is CC(O)S(=O)(=O)c1ccncc1. The van der Waals surface area contributed by atoms with Crippen molar-refractivity contribution >= 4 is 9.84 Å². The summed E-state index contributed by atoms with van der Waals surface area (Å²) in [6.45, 7) is 1.22. The van der Waals surface area contributed by atoms with Crippen LogP contribution in [0.4, 0.5) is 0 Å². The van der Waals surface area contributed by atoms with Gasteiger partial charge in [0.1, 0.15) is 0 Å². The second kappa shape index (κ2) is 3.20. The van der Waals surface area contributed by atoms with E-state index in [4.69, 9.17) is 5.11 Å². The number of aliphatic hydroxyl groups excluding tert-OH is 1. The number of aliphatic hydroxyl groups is 1. The van der Waals surface area contributed by atoms with E-state index in [0.717, 1.165) is 0 Å². The van der Waals surface area contributed by atoms with Crippen LogP contribution in [-0.4, -0.2) is 23.9 Å². The van der Waals surface area contributed by atoms with E-state index in [1.807, 2.05) is 0 Å². The van der Waals surface area contributed by atoms with Gasteiger partial charge in [-0.3, -0.25) is 4.98 Å². The van der Waals surface area contributed by atoms with Crippen LogP contribution in [0.1, 0.15) is 6.92 Å². The van der Waals surface area contributed by atoms with Crippen LogP contribution < -0.4 is 0 Å². The third kappa shape index (κ3) is 1.62. The molecule has 0 saturated heterocycles. The molecule has 0 radical (unpaired) electrons. The summed E-state index contributed by atoms with van der Waals surface area (Å²) < 4.78 is 22.5. The Kier molecular flexibility index (Phi) is 2.44. The second-order valence-corrected chi connectivity index (χ2v) is 4.57. The molecule has 12 heavy (non-hydrogen) atoms. The molecule has 1 heterocycles. The molecule has 1 rings (SSSR count). The number of rotatable bonds is 2. The summed E-state index contributed by atoms with van der Waals surface area (Å²) in [5.41, 5.74) is -1.38. The fourth-order valence-corrected chi connectivity index (χ4v) is 1.62. The highest BCUT2D eigenvalue weighted by molar-refractivity contribution is 7.91. The molecular weight excluding hydrogens is 178 g/mol. The first-order chi connectivity index (χ1) is 5.55. The predicted molar refractivity (Wildman–Crippen MR) is 43.1 cm³/mol. The van der Waals surface area contributed by atoms with E-state index in [-0.39, 0.29) is 4.90 Å². The minimum absolute atomic E-state index is 0.0903. The van der Waals surface area contributed by atoms with Gasteiger partial charge in [0.25, 0.3) is 0 Å². The van der Waals surface area contributed by atoms with Gasteiger partial charge in [-0.1, -0.05) is 0 Å². The van der Waals surface area contributed by atoms with E-state index in [9.17, 15) is 8.42 Å². The highest BCUT2D eigenvalue weighted by Crippen LogP contribution is 2.12. The van der Waals surface area contributed by atoms with E-state index in [1.165, 1.54) is 31.5 Å². The highest BCUT2D eigenvalue weighted by Gasteiger charge is 2.19. The van der Waals surface area contributed by atoms with Crippen molar-refractivity contribution < 1.29 is 13.5 Å². The molecule has 0 aliphatic heterocycles. The maximum Gasteiger partial charge on any atom is 0.204 e. The maximum absolute atomic E-state index is 11.3. The summed E-state index contributed by atoms with van der Waals surface area (Å²) in [5.74, 6) is 0. The quantitative estimate of drug-likeness (QED) is 0.717. The standard InChI is InChI=1S/C7H9NO3S/c1-6(9)12(10,11)7-2-4-8-5-3-7/h2-6,9H,1H3. The summed E-state index contributed by atoms with van der Waals surface area (Å²) in [6, 6.07) is 2.70. The Morgan fingerprint density at radius 3 is 2.33 bits per heavy atom. The van der Waals surface area contributed by atoms with Gasteiger partial charge in [0.2, 0.25) is 9.84 Å². The van der Waals surface area contributed by atoms with Crippen molar-refractivity contribution in [2.75, 3.05) is 0 Å². The summed E-state index contributed by atoms with van der Waals surface area (Å²) in [4.78, 5) is 3.76. The van der Waals surface area contributed by atoms with Crippen LogP contribution in [0.5, 0.6) is 0 Å². The fourth-order valence-electron chi connectivity index (χ4n) is 0.725. The summed E-state index contributed by atoms with van der Waals surface area (Å²) in [7, 11) is -3.56. The average molecular weight is 187 g/mol. The number of sulfone groups is 1. The molecule has 0 aliphatic carbocycles. The van der Waals surface area contributed by atoms with Gasteiger partial charge in [-0.15, -0.1) is 0 Å². The molecule has 1 aromatic rings. The minimum Gasteiger partial charge on any atom is -0.377 e. The Morgan fingerprint density at radius 1 is 1.42 bits per heavy atom. The van der Waals surface area contributed by atoms with Crippen molar-refractivity contribution in [1.82, 2.24) is 4.98 Å². The van der Waals surface area contributed by atoms with Crippen molar-refractivity contribution in [2.45, 2.75) is 17.3 Å². The molecule has 1 unspecified atom stereocenters. The van der Waals surface area contributed by atoms with Gasteiger partial charge in [0, 0.05) is 12.4 Å². The van der Waals surface area contributed by atoms with Gasteiger partial charge in [-0.2, -0.15) is 0 Å². The van der Waals surface area contributed by atoms with Gasteiger partial charge >= 0.3 is 0 Å². The average Bonchev–Trinajstić information content (AvgIpc) is 2.06. The third-order valence-corrected chi connectivity index (χ3v) is 3.25. The van der Waals surface area contributed by atoms with E-state index in [0.29, 0.717) is 0 Å². The number of aromatic nitrogens is 1. The zero-order valence-electron chi connectivity index (χ0n) is 6.51. The molecule has 1 aromatic heterocycles. The molecule has 0 amide bonds. The number of hydrogen-bond donors (Lipinski definition) is 1. The first-order valence-electron chi connectivity index (χ1n) is 3.37. The van der Waals surface area contributed by atoms with Crippen molar-refractivity contribution in [3.8, 4) is 0 Å². The van der Waals surface area contributed by atoms with E-state index in [1.54, 1.807) is 0 Å². The molecule has 1 N–H and O–H groups in total. The Labute approximate surface area is 70.8 Å². The van der Waals surface area contributed by atoms with Crippen LogP contribution in [0.2, 0.25) is 0 Å². The smallest absolute Gasteiger partial charge is 0.204 e. The van der Waals surface area contributed by atoms with Gasteiger partial charge in [0.05, 0.1) is 4.90 Å². The lowest BCUT2D eigenvalue weighted by molar-refractivity contribution is 0.268. The molecule has 0 fully saturated rings. The Morgan fingerprint density at radius 2 is 1.92 bits per heavy atom. The molecule has 5 heteroatoms. The van der Waals surface area contributed by atoms with Crippen LogP contribution in [0, 0.1) is 0 Å². The van der Waals surface area contributed by atoms with Crippen molar-refractivity contribution in [2.24, 2.45) is 0 Å². The van der Waals surface area contributed by atoms with Crippen LogP contribution in [-0.2, 0) is 9.84 Å². The third-order valence-electron chi connectivity index (χ3n) is 1.43. The second-order valence-electron chi connectivity index (χ2n) is 2.33. The highest BCUT2D eigenvalue weighted by atomic mass is 32.2. The molecule has 0 aliphatic rings. The number of pyridine rings is 1. The summed E-state index contributed by atoms with van der Waals surface area (Å²) in [5, 5.41) is 8.93. The van der Waals surface area contributed by atoms with Gasteiger partial charge in [0.15, 0.2) is 5.44 Å². The monoisotopic (exact) mass is 187 g/mol. The predicted octanol–water partition coefficient (Wildman–Crippen LogP) is 0.194. The molecule has 1 atom stereocenters. The lowest BCUT2D eigenvalue weighted by atomic mass is 10.5. The summed E-state index contributed by atoms with van der Waals surface area (Å²) >= 11 is 0. The fraction of sp³-hybridized carbons (Fsp3) is 0.286. The van der Waals surface area contributed by atoms with Crippen molar-refractivity contribution in [3.63, 3.8) is 0 Å². The topological polar surface area (TPSA) is 67.3 Å². The normalized spacial score (nSPS) is 14.2. The minimum atomic E-state index is -3.56.